The number of aromatic amines is 1. The average Bonchev–Trinajstić information content (AvgIpc) is 2.83. The third-order valence-electron chi connectivity index (χ3n) is 3.45. The van der Waals surface area contributed by atoms with Crippen molar-refractivity contribution < 1.29 is 0 Å². The molecule has 1 aromatic rings. The summed E-state index contributed by atoms with van der Waals surface area (Å²) in [5, 5.41) is 3.12. The molecule has 1 aromatic heterocycles. The molecule has 5 nitrogen and oxygen atoms in total. The standard InChI is InChI=1S/C12H20N4O/c13-10-11(15-8-16-12(10)17)14-7-3-6-9-4-1-2-5-9/h8-9H,1-7,13H2,(H2,14,15,16,17). The van der Waals surface area contributed by atoms with Crippen LogP contribution in [-0.4, -0.2) is 16.5 Å². The van der Waals surface area contributed by atoms with Crippen molar-refractivity contribution in [2.24, 2.45) is 5.92 Å². The molecule has 1 saturated carbocycles. The minimum absolute atomic E-state index is 0.174. The van der Waals surface area contributed by atoms with E-state index in [1.54, 1.807) is 0 Å². The van der Waals surface area contributed by atoms with Crippen LogP contribution in [0.3, 0.4) is 0 Å². The zero-order valence-electron chi connectivity index (χ0n) is 10.0. The molecule has 0 radical (unpaired) electrons. The zero-order chi connectivity index (χ0) is 12.1. The van der Waals surface area contributed by atoms with Gasteiger partial charge in [-0.15, -0.1) is 0 Å². The number of aromatic nitrogens is 2. The SMILES string of the molecule is Nc1c(NCCCC2CCCC2)nc[nH]c1=O. The molecule has 0 amide bonds. The molecule has 1 aliphatic carbocycles. The second-order valence-corrected chi connectivity index (χ2v) is 4.71. The van der Waals surface area contributed by atoms with Gasteiger partial charge in [0.2, 0.25) is 0 Å². The fraction of sp³-hybridized carbons (Fsp3) is 0.667. The molecule has 17 heavy (non-hydrogen) atoms. The maximum absolute atomic E-state index is 11.2. The summed E-state index contributed by atoms with van der Waals surface area (Å²) in [6.07, 6.45) is 9.28. The first-order valence-electron chi connectivity index (χ1n) is 6.34. The van der Waals surface area contributed by atoms with E-state index in [2.05, 4.69) is 15.3 Å². The smallest absolute Gasteiger partial charge is 0.276 e. The molecule has 5 heteroatoms. The summed E-state index contributed by atoms with van der Waals surface area (Å²) in [7, 11) is 0. The molecule has 0 spiro atoms. The van der Waals surface area contributed by atoms with Crippen molar-refractivity contribution in [2.45, 2.75) is 38.5 Å². The van der Waals surface area contributed by atoms with Crippen molar-refractivity contribution in [1.82, 2.24) is 9.97 Å². The van der Waals surface area contributed by atoms with Crippen LogP contribution in [0.4, 0.5) is 11.5 Å². The van der Waals surface area contributed by atoms with E-state index in [4.69, 9.17) is 5.73 Å². The Kier molecular flexibility index (Phi) is 4.01. The van der Waals surface area contributed by atoms with Gasteiger partial charge in [0.05, 0.1) is 6.33 Å². The number of H-pyrrole nitrogens is 1. The molecule has 0 bridgehead atoms. The van der Waals surface area contributed by atoms with Crippen LogP contribution in [0.25, 0.3) is 0 Å². The average molecular weight is 236 g/mol. The van der Waals surface area contributed by atoms with Crippen LogP contribution >= 0.6 is 0 Å². The molecule has 0 atom stereocenters. The van der Waals surface area contributed by atoms with E-state index in [0.29, 0.717) is 5.82 Å². The lowest BCUT2D eigenvalue weighted by Gasteiger charge is -2.10. The second kappa shape index (κ2) is 5.70. The van der Waals surface area contributed by atoms with E-state index < -0.39 is 0 Å². The number of hydrogen-bond acceptors (Lipinski definition) is 4. The van der Waals surface area contributed by atoms with Crippen LogP contribution in [-0.2, 0) is 0 Å². The quantitative estimate of drug-likeness (QED) is 0.680. The Bertz CT molecular complexity index is 409. The zero-order valence-corrected chi connectivity index (χ0v) is 10.0. The summed E-state index contributed by atoms with van der Waals surface area (Å²) in [4.78, 5) is 17.7. The van der Waals surface area contributed by atoms with Crippen LogP contribution < -0.4 is 16.6 Å². The van der Waals surface area contributed by atoms with Gasteiger partial charge in [-0.25, -0.2) is 4.98 Å². The van der Waals surface area contributed by atoms with E-state index in [9.17, 15) is 4.79 Å². The minimum Gasteiger partial charge on any atom is -0.391 e. The first-order chi connectivity index (χ1) is 8.27. The van der Waals surface area contributed by atoms with Gasteiger partial charge < -0.3 is 16.0 Å². The number of rotatable bonds is 5. The van der Waals surface area contributed by atoms with E-state index in [0.717, 1.165) is 18.9 Å². The summed E-state index contributed by atoms with van der Waals surface area (Å²) >= 11 is 0. The number of anilines is 2. The molecule has 0 aliphatic heterocycles. The summed E-state index contributed by atoms with van der Waals surface area (Å²) in [5.74, 6) is 1.40. The highest BCUT2D eigenvalue weighted by molar-refractivity contribution is 5.58. The predicted octanol–water partition coefficient (Wildman–Crippen LogP) is 1.73. The van der Waals surface area contributed by atoms with Crippen molar-refractivity contribution in [3.05, 3.63) is 16.7 Å². The third kappa shape index (κ3) is 3.22. The van der Waals surface area contributed by atoms with Gasteiger partial charge in [-0.1, -0.05) is 25.7 Å². The predicted molar refractivity (Wildman–Crippen MR) is 69.0 cm³/mol. The molecular weight excluding hydrogens is 216 g/mol. The van der Waals surface area contributed by atoms with Crippen molar-refractivity contribution >= 4 is 11.5 Å². The molecule has 1 fully saturated rings. The van der Waals surface area contributed by atoms with E-state index in [1.807, 2.05) is 0 Å². The first-order valence-corrected chi connectivity index (χ1v) is 6.34. The summed E-state index contributed by atoms with van der Waals surface area (Å²) in [5.41, 5.74) is 5.51. The van der Waals surface area contributed by atoms with Gasteiger partial charge in [-0.2, -0.15) is 0 Å². The monoisotopic (exact) mass is 236 g/mol. The van der Waals surface area contributed by atoms with E-state index in [-0.39, 0.29) is 11.2 Å². The fourth-order valence-corrected chi connectivity index (χ4v) is 2.45. The van der Waals surface area contributed by atoms with Gasteiger partial charge >= 0.3 is 0 Å². The highest BCUT2D eigenvalue weighted by Gasteiger charge is 2.14. The Balaban J connectivity index is 1.74. The molecular formula is C12H20N4O. The molecule has 0 aromatic carbocycles. The van der Waals surface area contributed by atoms with Gasteiger partial charge in [0.1, 0.15) is 5.69 Å². The summed E-state index contributed by atoms with van der Waals surface area (Å²) < 4.78 is 0. The Morgan fingerprint density at radius 2 is 2.24 bits per heavy atom. The van der Waals surface area contributed by atoms with Crippen LogP contribution in [0.2, 0.25) is 0 Å². The number of nitrogens with two attached hydrogens (primary N) is 1. The largest absolute Gasteiger partial charge is 0.391 e. The molecule has 2 rings (SSSR count). The van der Waals surface area contributed by atoms with Crippen molar-refractivity contribution in [1.29, 1.82) is 0 Å². The highest BCUT2D eigenvalue weighted by atomic mass is 16.1. The summed E-state index contributed by atoms with van der Waals surface area (Å²) in [6.45, 7) is 0.831. The lowest BCUT2D eigenvalue weighted by atomic mass is 10.0. The number of nitrogens with zero attached hydrogens (tertiary/aromatic N) is 1. The van der Waals surface area contributed by atoms with Crippen LogP contribution in [0.15, 0.2) is 11.1 Å². The van der Waals surface area contributed by atoms with Gasteiger partial charge in [0.15, 0.2) is 5.82 Å². The Labute approximate surface area is 101 Å². The first kappa shape index (κ1) is 12.0. The van der Waals surface area contributed by atoms with Crippen LogP contribution in [0.5, 0.6) is 0 Å². The number of nitrogen functional groups attached to an aromatic ring is 1. The van der Waals surface area contributed by atoms with Crippen LogP contribution in [0.1, 0.15) is 38.5 Å². The Hall–Kier alpha value is -1.52. The maximum atomic E-state index is 11.2. The van der Waals surface area contributed by atoms with E-state index in [1.165, 1.54) is 38.4 Å². The topological polar surface area (TPSA) is 83.8 Å². The molecule has 94 valence electrons. The third-order valence-corrected chi connectivity index (χ3v) is 3.45. The molecule has 0 saturated heterocycles. The van der Waals surface area contributed by atoms with E-state index >= 15 is 0 Å². The number of nitrogens with one attached hydrogen (secondary N) is 2. The van der Waals surface area contributed by atoms with Gasteiger partial charge in [0, 0.05) is 6.54 Å². The van der Waals surface area contributed by atoms with Crippen molar-refractivity contribution in [2.75, 3.05) is 17.6 Å². The lowest BCUT2D eigenvalue weighted by molar-refractivity contribution is 0.491. The minimum atomic E-state index is -0.279. The van der Waals surface area contributed by atoms with Gasteiger partial charge in [-0.05, 0) is 18.8 Å². The normalized spacial score (nSPS) is 16.2. The Morgan fingerprint density at radius 1 is 1.47 bits per heavy atom. The fourth-order valence-electron chi connectivity index (χ4n) is 2.45. The summed E-state index contributed by atoms with van der Waals surface area (Å²) in [6, 6.07) is 0. The molecule has 1 heterocycles. The van der Waals surface area contributed by atoms with Gasteiger partial charge in [0.25, 0.3) is 5.56 Å². The van der Waals surface area contributed by atoms with Crippen molar-refractivity contribution in [3.63, 3.8) is 0 Å². The lowest BCUT2D eigenvalue weighted by Crippen LogP contribution is -2.16. The second-order valence-electron chi connectivity index (χ2n) is 4.71. The maximum Gasteiger partial charge on any atom is 0.276 e. The van der Waals surface area contributed by atoms with Crippen LogP contribution in [0, 0.1) is 5.92 Å². The number of hydrogen-bond donors (Lipinski definition) is 3. The molecule has 4 N–H and O–H groups in total. The molecule has 1 aliphatic rings. The highest BCUT2D eigenvalue weighted by Crippen LogP contribution is 2.28. The van der Waals surface area contributed by atoms with Gasteiger partial charge in [-0.3, -0.25) is 4.79 Å². The molecule has 0 unspecified atom stereocenters. The Morgan fingerprint density at radius 3 is 3.00 bits per heavy atom. The van der Waals surface area contributed by atoms with Crippen molar-refractivity contribution in [3.8, 4) is 0 Å².